The van der Waals surface area contributed by atoms with Crippen molar-refractivity contribution in [2.45, 2.75) is 24.6 Å². The van der Waals surface area contributed by atoms with Crippen LogP contribution in [0.15, 0.2) is 24.3 Å². The Kier molecular flexibility index (Phi) is 5.95. The van der Waals surface area contributed by atoms with Gasteiger partial charge in [0.05, 0.1) is 6.61 Å². The molecule has 0 saturated carbocycles. The van der Waals surface area contributed by atoms with Gasteiger partial charge in [-0.3, -0.25) is 9.59 Å². The number of piperidine rings is 1. The van der Waals surface area contributed by atoms with Gasteiger partial charge in [0.25, 0.3) is 5.91 Å². The second kappa shape index (κ2) is 8.08. The molecule has 9 heteroatoms. The Morgan fingerprint density at radius 3 is 2.61 bits per heavy atom. The summed E-state index contributed by atoms with van der Waals surface area (Å²) < 4.78 is 36.0. The first-order chi connectivity index (χ1) is 13.3. The lowest BCUT2D eigenvalue weighted by Gasteiger charge is -2.43. The molecule has 2 heterocycles. The fraction of sp³-hybridized carbons (Fsp3) is 0.579. The van der Waals surface area contributed by atoms with Gasteiger partial charge in [0.15, 0.2) is 16.4 Å². The summed E-state index contributed by atoms with van der Waals surface area (Å²) >= 11 is 0. The Hall–Kier alpha value is -2.13. The maximum absolute atomic E-state index is 12.7. The molecule has 2 saturated heterocycles. The summed E-state index contributed by atoms with van der Waals surface area (Å²) in [6.45, 7) is 2.89. The Bertz CT molecular complexity index is 846. The molecular formula is C19H26N2O6S. The lowest BCUT2D eigenvalue weighted by atomic mass is 10.0. The summed E-state index contributed by atoms with van der Waals surface area (Å²) in [6.07, 6.45) is 0.419. The average Bonchev–Trinajstić information content (AvgIpc) is 2.83. The second-order valence-electron chi connectivity index (χ2n) is 7.23. The first kappa shape index (κ1) is 20.6. The first-order valence-corrected chi connectivity index (χ1v) is 10.9. The second-order valence-corrected chi connectivity index (χ2v) is 9.51. The van der Waals surface area contributed by atoms with Gasteiger partial charge in [-0.2, -0.15) is 0 Å². The van der Waals surface area contributed by atoms with Gasteiger partial charge in [0, 0.05) is 39.6 Å². The number of likely N-dealkylation sites (tertiary alicyclic amines) is 1. The highest BCUT2D eigenvalue weighted by atomic mass is 32.2. The number of carbonyl (C=O) groups excluding carboxylic acids is 2. The fourth-order valence-corrected chi connectivity index (χ4v) is 5.99. The molecule has 154 valence electrons. The standard InChI is InChI=1S/C19H26N2O6S/c1-15-4-3-5-16(12-15)27-13-17(22)20-8-6-19(7-9-20)21(10-11-26-2)18(23)14-28(19,24)25/h3-5,12H,6-11,13-14H2,1-2H3. The predicted octanol–water partition coefficient (Wildman–Crippen LogP) is 0.596. The predicted molar refractivity (Wildman–Crippen MR) is 103 cm³/mol. The molecule has 2 fully saturated rings. The third-order valence-corrected chi connectivity index (χ3v) is 7.87. The number of hydrogen-bond acceptors (Lipinski definition) is 6. The molecule has 0 N–H and O–H groups in total. The molecule has 3 rings (SSSR count). The lowest BCUT2D eigenvalue weighted by molar-refractivity contribution is -0.137. The van der Waals surface area contributed by atoms with Crippen LogP contribution in [0.3, 0.4) is 0 Å². The fourth-order valence-electron chi connectivity index (χ4n) is 3.91. The normalized spacial score (nSPS) is 20.6. The van der Waals surface area contributed by atoms with Crippen LogP contribution in [0, 0.1) is 6.92 Å². The van der Waals surface area contributed by atoms with E-state index in [1.807, 2.05) is 25.1 Å². The van der Waals surface area contributed by atoms with E-state index in [0.717, 1.165) is 5.56 Å². The summed E-state index contributed by atoms with van der Waals surface area (Å²) in [7, 11) is -2.08. The van der Waals surface area contributed by atoms with Crippen molar-refractivity contribution in [2.75, 3.05) is 45.7 Å². The highest BCUT2D eigenvalue weighted by molar-refractivity contribution is 7.93. The van der Waals surface area contributed by atoms with E-state index < -0.39 is 20.5 Å². The molecule has 0 atom stereocenters. The smallest absolute Gasteiger partial charge is 0.260 e. The van der Waals surface area contributed by atoms with Crippen LogP contribution in [0.2, 0.25) is 0 Å². The molecule has 0 radical (unpaired) electrons. The molecule has 1 aromatic rings. The molecule has 1 spiro atoms. The number of aryl methyl sites for hydroxylation is 1. The number of hydrogen-bond donors (Lipinski definition) is 0. The summed E-state index contributed by atoms with van der Waals surface area (Å²) in [4.78, 5) is 26.6. The number of amides is 2. The van der Waals surface area contributed by atoms with E-state index in [1.54, 1.807) is 11.0 Å². The Balaban J connectivity index is 1.63. The van der Waals surface area contributed by atoms with Crippen LogP contribution in [0.5, 0.6) is 5.75 Å². The van der Waals surface area contributed by atoms with E-state index in [0.29, 0.717) is 5.75 Å². The number of ether oxygens (including phenoxy) is 2. The van der Waals surface area contributed by atoms with Gasteiger partial charge in [-0.1, -0.05) is 12.1 Å². The maximum Gasteiger partial charge on any atom is 0.260 e. The summed E-state index contributed by atoms with van der Waals surface area (Å²) in [5, 5.41) is 0. The largest absolute Gasteiger partial charge is 0.484 e. The summed E-state index contributed by atoms with van der Waals surface area (Å²) in [5.74, 6) is -0.432. The lowest BCUT2D eigenvalue weighted by Crippen LogP contribution is -2.58. The third-order valence-electron chi connectivity index (χ3n) is 5.45. The van der Waals surface area contributed by atoms with Crippen molar-refractivity contribution >= 4 is 21.7 Å². The van der Waals surface area contributed by atoms with Crippen molar-refractivity contribution in [3.05, 3.63) is 29.8 Å². The van der Waals surface area contributed by atoms with Crippen molar-refractivity contribution in [3.8, 4) is 5.75 Å². The molecule has 2 amide bonds. The SMILES string of the molecule is COCCN1C(=O)CS(=O)(=O)C12CCN(C(=O)COc1cccc(C)c1)CC2. The zero-order chi connectivity index (χ0) is 20.4. The van der Waals surface area contributed by atoms with Gasteiger partial charge >= 0.3 is 0 Å². The van der Waals surface area contributed by atoms with E-state index in [1.165, 1.54) is 12.0 Å². The van der Waals surface area contributed by atoms with Gasteiger partial charge in [0.2, 0.25) is 5.91 Å². The highest BCUT2D eigenvalue weighted by Gasteiger charge is 2.58. The Morgan fingerprint density at radius 2 is 1.96 bits per heavy atom. The molecule has 1 aromatic carbocycles. The van der Waals surface area contributed by atoms with Crippen molar-refractivity contribution < 1.29 is 27.5 Å². The van der Waals surface area contributed by atoms with E-state index in [-0.39, 0.29) is 57.5 Å². The van der Waals surface area contributed by atoms with Crippen molar-refractivity contribution in [1.82, 2.24) is 9.80 Å². The van der Waals surface area contributed by atoms with Crippen LogP contribution >= 0.6 is 0 Å². The third kappa shape index (κ3) is 3.86. The minimum atomic E-state index is -3.60. The van der Waals surface area contributed by atoms with Gasteiger partial charge in [0.1, 0.15) is 16.4 Å². The van der Waals surface area contributed by atoms with E-state index >= 15 is 0 Å². The Labute approximate surface area is 165 Å². The monoisotopic (exact) mass is 410 g/mol. The van der Waals surface area contributed by atoms with Crippen LogP contribution in [0.1, 0.15) is 18.4 Å². The zero-order valence-corrected chi connectivity index (χ0v) is 17.0. The van der Waals surface area contributed by atoms with E-state index in [4.69, 9.17) is 9.47 Å². The highest BCUT2D eigenvalue weighted by Crippen LogP contribution is 2.39. The van der Waals surface area contributed by atoms with Gasteiger partial charge in [-0.25, -0.2) is 8.42 Å². The summed E-state index contributed by atoms with van der Waals surface area (Å²) in [6, 6.07) is 7.44. The van der Waals surface area contributed by atoms with Crippen molar-refractivity contribution in [3.63, 3.8) is 0 Å². The topological polar surface area (TPSA) is 93.2 Å². The minimum Gasteiger partial charge on any atom is -0.484 e. The molecule has 0 bridgehead atoms. The van der Waals surface area contributed by atoms with Gasteiger partial charge < -0.3 is 19.3 Å². The number of benzene rings is 1. The van der Waals surface area contributed by atoms with Crippen LogP contribution < -0.4 is 4.74 Å². The van der Waals surface area contributed by atoms with Crippen LogP contribution in [-0.2, 0) is 24.2 Å². The van der Waals surface area contributed by atoms with Crippen LogP contribution in [0.25, 0.3) is 0 Å². The van der Waals surface area contributed by atoms with Crippen LogP contribution in [0.4, 0.5) is 0 Å². The molecule has 2 aliphatic rings. The van der Waals surface area contributed by atoms with Crippen molar-refractivity contribution in [1.29, 1.82) is 0 Å². The van der Waals surface area contributed by atoms with Gasteiger partial charge in [-0.15, -0.1) is 0 Å². The average molecular weight is 410 g/mol. The maximum atomic E-state index is 12.7. The number of sulfone groups is 1. The first-order valence-electron chi connectivity index (χ1n) is 9.28. The molecule has 0 aromatic heterocycles. The molecule has 2 aliphatic heterocycles. The van der Waals surface area contributed by atoms with E-state index in [9.17, 15) is 18.0 Å². The number of nitrogens with zero attached hydrogens (tertiary/aromatic N) is 2. The van der Waals surface area contributed by atoms with Gasteiger partial charge in [-0.05, 0) is 24.6 Å². The molecule has 0 unspecified atom stereocenters. The van der Waals surface area contributed by atoms with Crippen LogP contribution in [-0.4, -0.2) is 80.6 Å². The number of methoxy groups -OCH3 is 1. The Morgan fingerprint density at radius 1 is 1.25 bits per heavy atom. The molecule has 0 aliphatic carbocycles. The molecule has 8 nitrogen and oxygen atoms in total. The van der Waals surface area contributed by atoms with Crippen molar-refractivity contribution in [2.24, 2.45) is 0 Å². The van der Waals surface area contributed by atoms with E-state index in [2.05, 4.69) is 0 Å². The number of rotatable bonds is 6. The minimum absolute atomic E-state index is 0.102. The number of carbonyl (C=O) groups is 2. The molecule has 28 heavy (non-hydrogen) atoms. The summed E-state index contributed by atoms with van der Waals surface area (Å²) in [5.41, 5.74) is 1.04. The zero-order valence-electron chi connectivity index (χ0n) is 16.2. The quantitative estimate of drug-likeness (QED) is 0.682. The molecular weight excluding hydrogens is 384 g/mol.